The molecule has 10 heteroatoms. The molecule has 29 heavy (non-hydrogen) atoms. The maximum atomic E-state index is 12.7. The number of hydrogen-bond donors (Lipinski definition) is 2. The molecule has 1 aliphatic heterocycles. The number of urea groups is 1. The Morgan fingerprint density at radius 2 is 2.10 bits per heavy atom. The van der Waals surface area contributed by atoms with Crippen LogP contribution in [0.15, 0.2) is 6.20 Å². The average molecular weight is 416 g/mol. The van der Waals surface area contributed by atoms with Crippen LogP contribution in [0.1, 0.15) is 37.9 Å². The molecular weight excluding hydrogens is 390 g/mol. The van der Waals surface area contributed by atoms with E-state index < -0.39 is 11.9 Å². The SMILES string of the molecule is CCN(CC)c1ncc2c(n1)-c1sc(NC(=O)N3CCC[C@H]3C(N)=O)nc1CC2. The van der Waals surface area contributed by atoms with E-state index in [9.17, 15) is 9.59 Å². The van der Waals surface area contributed by atoms with Crippen LogP contribution < -0.4 is 16.0 Å². The van der Waals surface area contributed by atoms with Crippen molar-refractivity contribution in [2.45, 2.75) is 45.6 Å². The lowest BCUT2D eigenvalue weighted by Crippen LogP contribution is -2.45. The van der Waals surface area contributed by atoms with Crippen molar-refractivity contribution in [3.8, 4) is 10.6 Å². The van der Waals surface area contributed by atoms with Gasteiger partial charge in [-0.25, -0.2) is 19.7 Å². The van der Waals surface area contributed by atoms with Gasteiger partial charge in [0, 0.05) is 25.8 Å². The molecule has 154 valence electrons. The molecule has 0 unspecified atom stereocenters. The standard InChI is InChI=1S/C19H25N7O2S/c1-3-25(4-2)17-21-10-11-7-8-12-15(14(11)23-17)29-18(22-12)24-19(28)26-9-5-6-13(26)16(20)27/h10,13H,3-9H2,1-2H3,(H2,20,27)(H,22,24,28)/t13-/m0/s1. The maximum Gasteiger partial charge on any atom is 0.324 e. The number of rotatable bonds is 5. The molecule has 2 aromatic heterocycles. The summed E-state index contributed by atoms with van der Waals surface area (Å²) < 4.78 is 0. The monoisotopic (exact) mass is 415 g/mol. The third-order valence-electron chi connectivity index (χ3n) is 5.50. The number of nitrogens with one attached hydrogen (secondary N) is 1. The van der Waals surface area contributed by atoms with Gasteiger partial charge in [0.1, 0.15) is 6.04 Å². The highest BCUT2D eigenvalue weighted by molar-refractivity contribution is 7.19. The number of amides is 3. The number of anilines is 2. The van der Waals surface area contributed by atoms with Crippen molar-refractivity contribution in [1.29, 1.82) is 0 Å². The van der Waals surface area contributed by atoms with Crippen LogP contribution in [0.25, 0.3) is 10.6 Å². The molecule has 3 N–H and O–H groups in total. The fourth-order valence-corrected chi connectivity index (χ4v) is 4.94. The minimum atomic E-state index is -0.547. The molecule has 3 amide bonds. The minimum absolute atomic E-state index is 0.330. The van der Waals surface area contributed by atoms with E-state index in [0.29, 0.717) is 24.0 Å². The highest BCUT2D eigenvalue weighted by Gasteiger charge is 2.33. The predicted molar refractivity (Wildman–Crippen MR) is 112 cm³/mol. The molecule has 3 heterocycles. The number of aryl methyl sites for hydroxylation is 2. The van der Waals surface area contributed by atoms with Crippen LogP contribution >= 0.6 is 11.3 Å². The van der Waals surface area contributed by atoms with Gasteiger partial charge in [-0.15, -0.1) is 0 Å². The number of thiazole rings is 1. The molecule has 2 aliphatic rings. The molecule has 9 nitrogen and oxygen atoms in total. The Bertz CT molecular complexity index is 941. The van der Waals surface area contributed by atoms with Crippen LogP contribution in [0.4, 0.5) is 15.9 Å². The highest BCUT2D eigenvalue weighted by atomic mass is 32.1. The molecule has 0 radical (unpaired) electrons. The normalized spacial score (nSPS) is 17.6. The highest BCUT2D eigenvalue weighted by Crippen LogP contribution is 2.39. The molecule has 1 fully saturated rings. The number of hydrogen-bond acceptors (Lipinski definition) is 7. The van der Waals surface area contributed by atoms with Crippen molar-refractivity contribution in [1.82, 2.24) is 19.9 Å². The molecule has 4 rings (SSSR count). The second-order valence-corrected chi connectivity index (χ2v) is 8.19. The smallest absolute Gasteiger partial charge is 0.324 e. The van der Waals surface area contributed by atoms with Crippen LogP contribution in [-0.4, -0.2) is 57.5 Å². The van der Waals surface area contributed by atoms with Crippen molar-refractivity contribution in [3.63, 3.8) is 0 Å². The molecule has 0 saturated carbocycles. The Labute approximate surface area is 173 Å². The summed E-state index contributed by atoms with van der Waals surface area (Å²) in [6, 6.07) is -0.876. The lowest BCUT2D eigenvalue weighted by atomic mass is 10.00. The summed E-state index contributed by atoms with van der Waals surface area (Å²) in [6.45, 7) is 6.35. The van der Waals surface area contributed by atoms with Gasteiger partial charge in [-0.1, -0.05) is 11.3 Å². The Morgan fingerprint density at radius 1 is 1.31 bits per heavy atom. The molecule has 0 bridgehead atoms. The van der Waals surface area contributed by atoms with E-state index in [1.54, 1.807) is 0 Å². The first-order valence-electron chi connectivity index (χ1n) is 9.99. The van der Waals surface area contributed by atoms with Gasteiger partial charge in [0.05, 0.1) is 16.3 Å². The number of primary amides is 1. The van der Waals surface area contributed by atoms with Crippen molar-refractivity contribution < 1.29 is 9.59 Å². The van der Waals surface area contributed by atoms with E-state index in [2.05, 4.69) is 34.0 Å². The summed E-state index contributed by atoms with van der Waals surface area (Å²) in [4.78, 5) is 42.7. The maximum absolute atomic E-state index is 12.7. The third kappa shape index (κ3) is 3.64. The van der Waals surface area contributed by atoms with Gasteiger partial charge in [-0.2, -0.15) is 0 Å². The zero-order valence-electron chi connectivity index (χ0n) is 16.6. The van der Waals surface area contributed by atoms with Crippen LogP contribution in [0, 0.1) is 0 Å². The largest absolute Gasteiger partial charge is 0.368 e. The van der Waals surface area contributed by atoms with E-state index in [1.165, 1.54) is 16.2 Å². The first-order valence-corrected chi connectivity index (χ1v) is 10.8. The van der Waals surface area contributed by atoms with Gasteiger partial charge in [0.2, 0.25) is 11.9 Å². The number of aromatic nitrogens is 3. The molecule has 1 atom stereocenters. The molecule has 0 aromatic carbocycles. The van der Waals surface area contributed by atoms with Gasteiger partial charge in [0.25, 0.3) is 0 Å². The number of carbonyl (C=O) groups is 2. The second kappa shape index (κ2) is 7.94. The summed E-state index contributed by atoms with van der Waals surface area (Å²) in [5, 5.41) is 3.37. The van der Waals surface area contributed by atoms with Gasteiger partial charge >= 0.3 is 6.03 Å². The van der Waals surface area contributed by atoms with Gasteiger partial charge < -0.3 is 15.5 Å². The Balaban J connectivity index is 1.58. The van der Waals surface area contributed by atoms with E-state index >= 15 is 0 Å². The van der Waals surface area contributed by atoms with E-state index in [1.807, 2.05) is 6.20 Å². The lowest BCUT2D eigenvalue weighted by Gasteiger charge is -2.21. The summed E-state index contributed by atoms with van der Waals surface area (Å²) in [6.07, 6.45) is 4.89. The number of nitrogens with two attached hydrogens (primary N) is 1. The van der Waals surface area contributed by atoms with Crippen molar-refractivity contribution in [2.75, 3.05) is 29.9 Å². The second-order valence-electron chi connectivity index (χ2n) is 7.19. The zero-order valence-corrected chi connectivity index (χ0v) is 17.5. The van der Waals surface area contributed by atoms with Gasteiger partial charge in [-0.05, 0) is 45.1 Å². The minimum Gasteiger partial charge on any atom is -0.368 e. The van der Waals surface area contributed by atoms with E-state index in [0.717, 1.165) is 54.2 Å². The lowest BCUT2D eigenvalue weighted by molar-refractivity contribution is -0.121. The van der Waals surface area contributed by atoms with Gasteiger partial charge in [0.15, 0.2) is 5.13 Å². The van der Waals surface area contributed by atoms with Crippen LogP contribution in [0.3, 0.4) is 0 Å². The number of carbonyl (C=O) groups excluding carboxylic acids is 2. The third-order valence-corrected chi connectivity index (χ3v) is 6.52. The van der Waals surface area contributed by atoms with Crippen LogP contribution in [-0.2, 0) is 17.6 Å². The molecular formula is C19H25N7O2S. The average Bonchev–Trinajstić information content (AvgIpc) is 3.36. The number of fused-ring (bicyclic) bond motifs is 3. The predicted octanol–water partition coefficient (Wildman–Crippen LogP) is 2.03. The van der Waals surface area contributed by atoms with Crippen LogP contribution in [0.5, 0.6) is 0 Å². The molecule has 1 aliphatic carbocycles. The Hall–Kier alpha value is -2.75. The van der Waals surface area contributed by atoms with Crippen molar-refractivity contribution in [3.05, 3.63) is 17.5 Å². The summed E-state index contributed by atoms with van der Waals surface area (Å²) in [5.74, 6) is 0.243. The summed E-state index contributed by atoms with van der Waals surface area (Å²) in [7, 11) is 0. The first kappa shape index (κ1) is 19.6. The molecule has 2 aromatic rings. The van der Waals surface area contributed by atoms with Crippen molar-refractivity contribution in [2.24, 2.45) is 5.73 Å². The fourth-order valence-electron chi connectivity index (χ4n) is 3.92. The summed E-state index contributed by atoms with van der Waals surface area (Å²) in [5.41, 5.74) is 8.36. The topological polar surface area (TPSA) is 117 Å². The zero-order chi connectivity index (χ0) is 20.5. The Morgan fingerprint density at radius 3 is 2.83 bits per heavy atom. The molecule has 0 spiro atoms. The number of nitrogens with zero attached hydrogens (tertiary/aromatic N) is 5. The number of likely N-dealkylation sites (tertiary alicyclic amines) is 1. The van der Waals surface area contributed by atoms with E-state index in [-0.39, 0.29) is 6.03 Å². The Kier molecular flexibility index (Phi) is 5.35. The fraction of sp³-hybridized carbons (Fsp3) is 0.526. The van der Waals surface area contributed by atoms with Crippen LogP contribution in [0.2, 0.25) is 0 Å². The van der Waals surface area contributed by atoms with Gasteiger partial charge in [-0.3, -0.25) is 10.1 Å². The molecule has 1 saturated heterocycles. The van der Waals surface area contributed by atoms with Crippen molar-refractivity contribution >= 4 is 34.4 Å². The van der Waals surface area contributed by atoms with E-state index in [4.69, 9.17) is 10.7 Å². The quantitative estimate of drug-likeness (QED) is 0.772. The summed E-state index contributed by atoms with van der Waals surface area (Å²) >= 11 is 1.42. The first-order chi connectivity index (χ1) is 14.0.